The van der Waals surface area contributed by atoms with Crippen molar-refractivity contribution in [2.75, 3.05) is 13.3 Å². The van der Waals surface area contributed by atoms with Gasteiger partial charge in [-0.1, -0.05) is 41.5 Å². The summed E-state index contributed by atoms with van der Waals surface area (Å²) in [4.78, 5) is 0. The summed E-state index contributed by atoms with van der Waals surface area (Å²) >= 11 is 0. The molecule has 2 heteroatoms. The average molecular weight is 272 g/mol. The molecule has 0 N–H and O–H groups in total. The van der Waals surface area contributed by atoms with E-state index in [4.69, 9.17) is 4.52 Å². The van der Waals surface area contributed by atoms with Gasteiger partial charge in [-0.05, 0) is 55.3 Å². The molecule has 1 rings (SSSR count). The molecule has 108 valence electrons. The van der Waals surface area contributed by atoms with E-state index in [1.807, 2.05) is 0 Å². The second kappa shape index (κ2) is 5.80. The van der Waals surface area contributed by atoms with E-state index in [9.17, 15) is 0 Å². The van der Waals surface area contributed by atoms with Crippen molar-refractivity contribution < 1.29 is 4.52 Å². The van der Waals surface area contributed by atoms with E-state index in [2.05, 4.69) is 54.9 Å². The van der Waals surface area contributed by atoms with Crippen LogP contribution in [0.4, 0.5) is 0 Å². The molecule has 1 aliphatic carbocycles. The van der Waals surface area contributed by atoms with E-state index >= 15 is 0 Å². The van der Waals surface area contributed by atoms with Gasteiger partial charge < -0.3 is 4.52 Å². The molecule has 1 saturated carbocycles. The zero-order chi connectivity index (χ0) is 14.1. The highest BCUT2D eigenvalue weighted by Crippen LogP contribution is 2.49. The van der Waals surface area contributed by atoms with Crippen molar-refractivity contribution in [2.24, 2.45) is 22.7 Å². The lowest BCUT2D eigenvalue weighted by atomic mass is 9.62. The van der Waals surface area contributed by atoms with Gasteiger partial charge in [0.2, 0.25) is 0 Å². The number of rotatable bonds is 2. The van der Waals surface area contributed by atoms with Gasteiger partial charge in [0.1, 0.15) is 0 Å². The molecule has 0 bridgehead atoms. The molecule has 0 aromatic rings. The molecule has 0 spiro atoms. The minimum Gasteiger partial charge on any atom is -0.356 e. The predicted molar refractivity (Wildman–Crippen MR) is 83.4 cm³/mol. The van der Waals surface area contributed by atoms with Gasteiger partial charge >= 0.3 is 0 Å². The van der Waals surface area contributed by atoms with Gasteiger partial charge in [0.05, 0.1) is 6.10 Å². The van der Waals surface area contributed by atoms with Crippen LogP contribution in [-0.2, 0) is 4.52 Å². The molecule has 3 atom stereocenters. The summed E-state index contributed by atoms with van der Waals surface area (Å²) in [5.41, 5.74) is 0.803. The van der Waals surface area contributed by atoms with Gasteiger partial charge in [-0.25, -0.2) is 0 Å². The first-order valence-corrected chi connectivity index (χ1v) is 9.51. The molecule has 0 aliphatic heterocycles. The zero-order valence-electron chi connectivity index (χ0n) is 13.7. The van der Waals surface area contributed by atoms with E-state index in [1.54, 1.807) is 0 Å². The Morgan fingerprint density at radius 2 is 1.44 bits per heavy atom. The first-order valence-electron chi connectivity index (χ1n) is 7.36. The lowest BCUT2D eigenvalue weighted by Crippen LogP contribution is -2.41. The van der Waals surface area contributed by atoms with Crippen molar-refractivity contribution in [1.82, 2.24) is 0 Å². The van der Waals surface area contributed by atoms with Crippen molar-refractivity contribution in [1.29, 1.82) is 0 Å². The molecule has 1 nitrogen and oxygen atoms in total. The van der Waals surface area contributed by atoms with Gasteiger partial charge in [-0.15, -0.1) is 0 Å². The van der Waals surface area contributed by atoms with Crippen LogP contribution in [0.3, 0.4) is 0 Å². The summed E-state index contributed by atoms with van der Waals surface area (Å²) in [6.45, 7) is 18.8. The third-order valence-corrected chi connectivity index (χ3v) is 5.16. The van der Waals surface area contributed by atoms with Gasteiger partial charge in [-0.2, -0.15) is 0 Å². The van der Waals surface area contributed by atoms with Gasteiger partial charge in [0.15, 0.2) is 0 Å². The Morgan fingerprint density at radius 1 is 0.889 bits per heavy atom. The van der Waals surface area contributed by atoms with Crippen molar-refractivity contribution >= 4 is 8.15 Å². The van der Waals surface area contributed by atoms with Gasteiger partial charge in [0.25, 0.3) is 0 Å². The maximum Gasteiger partial charge on any atom is 0.0650 e. The first kappa shape index (κ1) is 16.4. The molecule has 0 heterocycles. The normalized spacial score (nSPS) is 30.8. The molecule has 1 fully saturated rings. The second-order valence-electron chi connectivity index (χ2n) is 8.30. The number of hydrogen-bond acceptors (Lipinski definition) is 1. The Labute approximate surface area is 116 Å². The fraction of sp³-hybridized carbons (Fsp3) is 1.00. The maximum atomic E-state index is 6.26. The second-order valence-corrected chi connectivity index (χ2v) is 10.1. The number of hydrogen-bond donors (Lipinski definition) is 0. The summed E-state index contributed by atoms with van der Waals surface area (Å²) in [5, 5.41) is 0. The van der Waals surface area contributed by atoms with Crippen molar-refractivity contribution in [3.05, 3.63) is 0 Å². The Kier molecular flexibility index (Phi) is 5.30. The van der Waals surface area contributed by atoms with Gasteiger partial charge in [-0.3, -0.25) is 0 Å². The topological polar surface area (TPSA) is 9.23 Å². The van der Waals surface area contributed by atoms with E-state index in [0.29, 0.717) is 22.9 Å². The first-order chi connectivity index (χ1) is 8.01. The summed E-state index contributed by atoms with van der Waals surface area (Å²) < 4.78 is 6.26. The highest BCUT2D eigenvalue weighted by molar-refractivity contribution is 7.50. The van der Waals surface area contributed by atoms with Crippen LogP contribution in [0.5, 0.6) is 0 Å². The molecule has 0 radical (unpaired) electrons. The van der Waals surface area contributed by atoms with Crippen LogP contribution in [0.1, 0.15) is 60.8 Å². The summed E-state index contributed by atoms with van der Waals surface area (Å²) in [7, 11) is -0.239. The summed E-state index contributed by atoms with van der Waals surface area (Å²) in [6, 6.07) is 0. The average Bonchev–Trinajstić information content (AvgIpc) is 2.13. The molecule has 0 aromatic carbocycles. The third kappa shape index (κ3) is 4.49. The van der Waals surface area contributed by atoms with Crippen LogP contribution in [-0.4, -0.2) is 19.4 Å². The molecule has 0 aromatic heterocycles. The van der Waals surface area contributed by atoms with E-state index < -0.39 is 0 Å². The molecule has 1 aliphatic rings. The Balaban J connectivity index is 2.80. The highest BCUT2D eigenvalue weighted by atomic mass is 31.1. The van der Waals surface area contributed by atoms with Crippen LogP contribution < -0.4 is 0 Å². The third-order valence-electron chi connectivity index (χ3n) is 4.47. The van der Waals surface area contributed by atoms with Crippen molar-refractivity contribution in [3.63, 3.8) is 0 Å². The molecule has 0 saturated heterocycles. The predicted octanol–water partition coefficient (Wildman–Crippen LogP) is 5.54. The van der Waals surface area contributed by atoms with Crippen molar-refractivity contribution in [2.45, 2.75) is 66.9 Å². The smallest absolute Gasteiger partial charge is 0.0650 e. The molecule has 0 amide bonds. The SMILES string of the molecule is CP(C)OC1CCC(C(C)(C)C)CC1C(C)(C)C. The van der Waals surface area contributed by atoms with E-state index in [-0.39, 0.29) is 8.15 Å². The lowest BCUT2D eigenvalue weighted by molar-refractivity contribution is -0.00931. The molecule has 3 unspecified atom stereocenters. The van der Waals surface area contributed by atoms with Crippen LogP contribution in [0.15, 0.2) is 0 Å². The van der Waals surface area contributed by atoms with E-state index in [1.165, 1.54) is 19.3 Å². The fourth-order valence-corrected chi connectivity index (χ4v) is 4.03. The minimum atomic E-state index is -0.239. The van der Waals surface area contributed by atoms with Crippen LogP contribution in [0.25, 0.3) is 0 Å². The highest BCUT2D eigenvalue weighted by Gasteiger charge is 2.41. The van der Waals surface area contributed by atoms with Crippen LogP contribution in [0.2, 0.25) is 0 Å². The van der Waals surface area contributed by atoms with Crippen LogP contribution >= 0.6 is 8.15 Å². The minimum absolute atomic E-state index is 0.239. The lowest BCUT2D eigenvalue weighted by Gasteiger charge is -2.47. The fourth-order valence-electron chi connectivity index (χ4n) is 3.24. The Bertz CT molecular complexity index is 259. The quantitative estimate of drug-likeness (QED) is 0.600. The molecular weight excluding hydrogens is 239 g/mol. The van der Waals surface area contributed by atoms with Crippen LogP contribution in [0, 0.1) is 22.7 Å². The maximum absolute atomic E-state index is 6.26. The van der Waals surface area contributed by atoms with E-state index in [0.717, 1.165) is 5.92 Å². The summed E-state index contributed by atoms with van der Waals surface area (Å²) in [5.74, 6) is 1.56. The molecule has 18 heavy (non-hydrogen) atoms. The van der Waals surface area contributed by atoms with Crippen molar-refractivity contribution in [3.8, 4) is 0 Å². The standard InChI is InChI=1S/C16H33OP/c1-15(2,3)12-9-10-14(17-18(7)8)13(11-12)16(4,5)6/h12-14H,9-11H2,1-8H3. The summed E-state index contributed by atoms with van der Waals surface area (Å²) in [6.07, 6.45) is 4.42. The largest absolute Gasteiger partial charge is 0.356 e. The zero-order valence-corrected chi connectivity index (χ0v) is 14.6. The van der Waals surface area contributed by atoms with Gasteiger partial charge in [0, 0.05) is 8.15 Å². The monoisotopic (exact) mass is 272 g/mol. The Hall–Kier alpha value is 0.390. The Morgan fingerprint density at radius 3 is 1.83 bits per heavy atom. The molecular formula is C16H33OP.